The predicted molar refractivity (Wildman–Crippen MR) is 430 cm³/mol. The number of fused-ring (bicyclic) bond motifs is 3. The van der Waals surface area contributed by atoms with Gasteiger partial charge in [-0.2, -0.15) is 29.0 Å². The van der Waals surface area contributed by atoms with Gasteiger partial charge in [0.05, 0.1) is 79.5 Å². The van der Waals surface area contributed by atoms with Crippen molar-refractivity contribution >= 4 is 50.4 Å². The molecule has 3 aliphatic heterocycles. The maximum Gasteiger partial charge on any atom is 0.414 e. The number of ether oxygens (including phenoxy) is 3. The van der Waals surface area contributed by atoms with Gasteiger partial charge in [-0.3, -0.25) is 14.4 Å². The molecule has 0 spiro atoms. The summed E-state index contributed by atoms with van der Waals surface area (Å²) in [5, 5.41) is 59.0. The molecule has 3 N–H and O–H groups in total. The van der Waals surface area contributed by atoms with Gasteiger partial charge in [-0.15, -0.1) is 0 Å². The van der Waals surface area contributed by atoms with Crippen molar-refractivity contribution in [1.82, 2.24) is 43.4 Å². The number of hydrogen-bond donors (Lipinski definition) is 3. The number of rotatable bonds is 24. The van der Waals surface area contributed by atoms with Crippen LogP contribution in [0, 0.1) is 51.6 Å². The minimum absolute atomic E-state index is 0.0278. The zero-order valence-corrected chi connectivity index (χ0v) is 66.3. The Labute approximate surface area is 668 Å². The van der Waals surface area contributed by atoms with Crippen LogP contribution in [0.1, 0.15) is 206 Å². The molecule has 0 radical (unpaired) electrons. The molecular formula is C90H100F4N12O9. The molecule has 0 bridgehead atoms. The molecule has 115 heavy (non-hydrogen) atoms. The second-order valence-electron chi connectivity index (χ2n) is 31.2. The summed E-state index contributed by atoms with van der Waals surface area (Å²) in [6, 6.07) is 19.1. The molecule has 602 valence electrons. The zero-order valence-electron chi connectivity index (χ0n) is 66.3. The van der Waals surface area contributed by atoms with Crippen LogP contribution in [0.3, 0.4) is 0 Å². The topological polar surface area (TPSA) is 274 Å². The van der Waals surface area contributed by atoms with Gasteiger partial charge in [0.25, 0.3) is 0 Å². The van der Waals surface area contributed by atoms with E-state index in [0.29, 0.717) is 117 Å². The molecular weight excluding hydrogens is 1470 g/mol. The number of aliphatic hydroxyl groups excluding tert-OH is 3. The molecule has 9 aromatic rings. The Morgan fingerprint density at radius 2 is 0.861 bits per heavy atom. The Morgan fingerprint density at radius 1 is 0.513 bits per heavy atom. The number of Topliss-reactive ketones (excluding diaryl/α,β-unsaturated/α-hetero) is 3. The number of nitriles is 3. The molecule has 0 unspecified atom stereocenters. The average molecular weight is 1570 g/mol. The van der Waals surface area contributed by atoms with Crippen molar-refractivity contribution in [2.24, 2.45) is 33.0 Å². The lowest BCUT2D eigenvalue weighted by atomic mass is 9.88. The van der Waals surface area contributed by atoms with E-state index in [0.717, 1.165) is 96.5 Å². The molecule has 1 atom stereocenters. The highest BCUT2D eigenvalue weighted by molar-refractivity contribution is 6.02. The summed E-state index contributed by atoms with van der Waals surface area (Å²) in [5.41, 5.74) is 13.1. The van der Waals surface area contributed by atoms with E-state index in [1.54, 1.807) is 68.0 Å². The third-order valence-corrected chi connectivity index (χ3v) is 24.0. The summed E-state index contributed by atoms with van der Waals surface area (Å²) in [6.07, 6.45) is 19.5. The number of piperidine rings is 3. The summed E-state index contributed by atoms with van der Waals surface area (Å²) in [5.74, 6) is 2.74. The number of ketones is 3. The number of pyridine rings is 3. The maximum absolute atomic E-state index is 13.7. The number of carbonyl (C=O) groups is 3. The number of hydrogen-bond acceptors (Lipinski definition) is 18. The average Bonchev–Trinajstić information content (AvgIpc) is 1.69. The lowest BCUT2D eigenvalue weighted by Crippen LogP contribution is -2.36. The molecule has 25 heteroatoms. The molecule has 2 saturated carbocycles. The van der Waals surface area contributed by atoms with E-state index in [2.05, 4.69) is 58.0 Å². The van der Waals surface area contributed by atoms with E-state index in [9.17, 15) is 57.8 Å². The highest BCUT2D eigenvalue weighted by atomic mass is 19.4. The quantitative estimate of drug-likeness (QED) is 0.0374. The van der Waals surface area contributed by atoms with E-state index in [1.807, 2.05) is 47.1 Å². The Morgan fingerprint density at radius 3 is 1.18 bits per heavy atom. The van der Waals surface area contributed by atoms with Gasteiger partial charge in [0.15, 0.2) is 23.5 Å². The van der Waals surface area contributed by atoms with Crippen molar-refractivity contribution in [2.45, 2.75) is 159 Å². The lowest BCUT2D eigenvalue weighted by molar-refractivity contribution is -0.204. The molecule has 0 amide bonds. The number of aliphatic hydroxyl groups is 3. The number of nitrogens with zero attached hydrogens (tertiary/aromatic N) is 12. The second-order valence-corrected chi connectivity index (χ2v) is 31.2. The van der Waals surface area contributed by atoms with Gasteiger partial charge < -0.3 is 57.9 Å². The van der Waals surface area contributed by atoms with Crippen molar-refractivity contribution in [3.8, 4) is 35.5 Å². The molecule has 2 aliphatic carbocycles. The highest BCUT2D eigenvalue weighted by Gasteiger charge is 2.40. The highest BCUT2D eigenvalue weighted by Crippen LogP contribution is 2.46. The Hall–Kier alpha value is -11.2. The van der Waals surface area contributed by atoms with Crippen molar-refractivity contribution in [3.63, 3.8) is 0 Å². The van der Waals surface area contributed by atoms with Crippen LogP contribution in [0.15, 0.2) is 129 Å². The standard InChI is InChI=1S/C31H36N4O3.C30H33FN4O2.C29H31F3N4O4/c1-20(23-6-4-5-7-23)35-10-8-24(9-11-35)27-18-34(2)31-29(27)30(38-3)26(17-33-31)15-28(37)25-13-21(16-32)12-22(14-25)19-36;1-19(20-6-4-5-7-20)35-12-10-21(11-13-35)25-18-34(2)30-28(25)29(37-3)24(17-33-30)15-27(36)22-8-9-26(31)23(14-22)16-32;1-17(8-25(39)29(30,31)32)36-6-4-20(5-7-36)23-15-35(2)28-26(23)27(40-3)22(14-34-28)12-24(38)21-10-18(13-33)9-19(11-21)16-37/h12-14,17-18,23-24,36H,1,4-11,15,19H2,2-3H3;8-9,14,17-18,20-21H,1,4-7,10-13,15H2,2-3H3;9-11,14-15,20,25,37,39H,1,4-8,12,16H2,2-3H3/t;;25-/m..1/s1. The minimum atomic E-state index is -4.69. The molecule has 6 aromatic heterocycles. The van der Waals surface area contributed by atoms with Crippen molar-refractivity contribution < 1.29 is 61.5 Å². The van der Waals surface area contributed by atoms with Gasteiger partial charge >= 0.3 is 6.18 Å². The summed E-state index contributed by atoms with van der Waals surface area (Å²) in [6.45, 7) is 17.1. The third kappa shape index (κ3) is 18.3. The monoisotopic (exact) mass is 1570 g/mol. The zero-order chi connectivity index (χ0) is 82.1. The first-order valence-electron chi connectivity index (χ1n) is 39.5. The number of allylic oxidation sites excluding steroid dienone is 2. The first-order valence-corrected chi connectivity index (χ1v) is 39.5. The van der Waals surface area contributed by atoms with Crippen LogP contribution in [0.2, 0.25) is 0 Å². The molecule has 9 heterocycles. The number of aryl methyl sites for hydroxylation is 3. The van der Waals surface area contributed by atoms with Crippen LogP contribution in [-0.2, 0) is 53.6 Å². The normalized spacial score (nSPS) is 16.2. The number of likely N-dealkylation sites (tertiary alicyclic amines) is 3. The Bertz CT molecular complexity index is 5290. The summed E-state index contributed by atoms with van der Waals surface area (Å²) < 4.78 is 75.7. The number of benzene rings is 3. The number of methoxy groups -OCH3 is 3. The van der Waals surface area contributed by atoms with E-state index >= 15 is 0 Å². The molecule has 3 saturated heterocycles. The molecule has 14 rings (SSSR count). The van der Waals surface area contributed by atoms with Crippen LogP contribution in [0.4, 0.5) is 17.6 Å². The summed E-state index contributed by atoms with van der Waals surface area (Å²) in [7, 11) is 10.7. The molecule has 5 aliphatic rings. The molecule has 3 aromatic carbocycles. The van der Waals surface area contributed by atoms with Gasteiger partial charge in [0, 0.05) is 174 Å². The van der Waals surface area contributed by atoms with Crippen LogP contribution in [0.25, 0.3) is 33.1 Å². The number of alkyl halides is 3. The van der Waals surface area contributed by atoms with Gasteiger partial charge in [-0.05, 0) is 176 Å². The van der Waals surface area contributed by atoms with E-state index in [-0.39, 0.29) is 72.6 Å². The van der Waals surface area contributed by atoms with E-state index in [4.69, 9.17) is 24.5 Å². The first-order chi connectivity index (χ1) is 55.3. The van der Waals surface area contributed by atoms with Crippen molar-refractivity contribution in [1.29, 1.82) is 15.8 Å². The lowest BCUT2D eigenvalue weighted by Gasteiger charge is -2.37. The Kier molecular flexibility index (Phi) is 26.5. The number of carbonyl (C=O) groups excluding carboxylic acids is 3. The van der Waals surface area contributed by atoms with Gasteiger partial charge in [-0.1, -0.05) is 45.4 Å². The van der Waals surface area contributed by atoms with Crippen molar-refractivity contribution in [3.05, 3.63) is 212 Å². The Balaban J connectivity index is 0.000000159. The fourth-order valence-corrected chi connectivity index (χ4v) is 17.8. The predicted octanol–water partition coefficient (Wildman–Crippen LogP) is 15.5. The van der Waals surface area contributed by atoms with Gasteiger partial charge in [0.1, 0.15) is 46.1 Å². The largest absolute Gasteiger partial charge is 0.496 e. The fraction of sp³-hybridized carbons (Fsp3) is 0.433. The van der Waals surface area contributed by atoms with E-state index < -0.39 is 24.5 Å². The van der Waals surface area contributed by atoms with E-state index in [1.165, 1.54) is 105 Å². The molecule has 21 nitrogen and oxygen atoms in total. The van der Waals surface area contributed by atoms with Crippen LogP contribution in [0.5, 0.6) is 17.2 Å². The number of aromatic nitrogens is 6. The summed E-state index contributed by atoms with van der Waals surface area (Å²) >= 11 is 0. The maximum atomic E-state index is 13.7. The van der Waals surface area contributed by atoms with Gasteiger partial charge in [0.2, 0.25) is 0 Å². The second kappa shape index (κ2) is 36.5. The van der Waals surface area contributed by atoms with Crippen LogP contribution in [-0.4, -0.2) is 149 Å². The third-order valence-electron chi connectivity index (χ3n) is 24.0. The minimum Gasteiger partial charge on any atom is -0.496 e. The SMILES string of the molecule is C=C(C1CCCC1)N1CCC(c2cn(C)c3ncc(CC(=O)c4cc(C#N)cc(CO)c4)c(OC)c23)CC1.C=C(C1CCCC1)N1CCC(c2cn(C)c3ncc(CC(=O)c4ccc(F)c(C#N)c4)c(OC)c23)CC1.C=C(C[C@@H](O)C(F)(F)F)N1CCC(c2cn(C)c3ncc(CC(=O)c4cc(C#N)cc(CO)c4)c(OC)c23)CC1. The molecule has 5 fully saturated rings. The van der Waals surface area contributed by atoms with Gasteiger partial charge in [-0.25, -0.2) is 19.3 Å². The fourth-order valence-electron chi connectivity index (χ4n) is 17.8. The summed E-state index contributed by atoms with van der Waals surface area (Å²) in [4.78, 5) is 60.3. The first kappa shape index (κ1) is 83.3. The van der Waals surface area contributed by atoms with Crippen LogP contribution < -0.4 is 14.2 Å². The smallest absolute Gasteiger partial charge is 0.414 e. The van der Waals surface area contributed by atoms with Crippen LogP contribution >= 0.6 is 0 Å². The van der Waals surface area contributed by atoms with Crippen molar-refractivity contribution in [2.75, 3.05) is 60.6 Å². The number of halogens is 4.